The van der Waals surface area contributed by atoms with Crippen molar-refractivity contribution in [1.29, 1.82) is 0 Å². The lowest BCUT2D eigenvalue weighted by Gasteiger charge is -2.17. The maximum absolute atomic E-state index is 13.4. The van der Waals surface area contributed by atoms with Gasteiger partial charge in [-0.05, 0) is 13.1 Å². The molecule has 0 aromatic heterocycles. The van der Waals surface area contributed by atoms with Crippen LogP contribution in [0.1, 0.15) is 5.56 Å². The summed E-state index contributed by atoms with van der Waals surface area (Å²) in [6.07, 6.45) is 0. The molecule has 0 radical (unpaired) electrons. The second-order valence-corrected chi connectivity index (χ2v) is 5.96. The quantitative estimate of drug-likeness (QED) is 0.823. The summed E-state index contributed by atoms with van der Waals surface area (Å²) in [6.45, 7) is 0.433. The number of halogens is 1. The van der Waals surface area contributed by atoms with E-state index in [2.05, 4.69) is 5.32 Å². The van der Waals surface area contributed by atoms with E-state index in [0.717, 1.165) is 0 Å². The highest BCUT2D eigenvalue weighted by Crippen LogP contribution is 2.11. The van der Waals surface area contributed by atoms with Crippen molar-refractivity contribution in [1.82, 2.24) is 9.62 Å². The van der Waals surface area contributed by atoms with Crippen molar-refractivity contribution in [3.05, 3.63) is 35.6 Å². The molecule has 0 bridgehead atoms. The van der Waals surface area contributed by atoms with Gasteiger partial charge < -0.3 is 5.32 Å². The largest absolute Gasteiger partial charge is 0.319 e. The van der Waals surface area contributed by atoms with E-state index in [9.17, 15) is 12.8 Å². The molecule has 4 nitrogen and oxygen atoms in total. The van der Waals surface area contributed by atoms with Crippen LogP contribution in [0, 0.1) is 5.82 Å². The third kappa shape index (κ3) is 4.07. The van der Waals surface area contributed by atoms with Crippen molar-refractivity contribution < 1.29 is 12.8 Å². The Morgan fingerprint density at radius 2 is 2.00 bits per heavy atom. The number of benzene rings is 1. The zero-order valence-electron chi connectivity index (χ0n) is 9.98. The Labute approximate surface area is 101 Å². The summed E-state index contributed by atoms with van der Waals surface area (Å²) in [5, 5.41) is 2.77. The highest BCUT2D eigenvalue weighted by Gasteiger charge is 2.18. The van der Waals surface area contributed by atoms with Crippen molar-refractivity contribution in [3.63, 3.8) is 0 Å². The molecule has 1 N–H and O–H groups in total. The Morgan fingerprint density at radius 3 is 2.59 bits per heavy atom. The minimum atomic E-state index is -3.33. The predicted molar refractivity (Wildman–Crippen MR) is 65.6 cm³/mol. The predicted octanol–water partition coefficient (Wildman–Crippen LogP) is 0.807. The summed E-state index contributed by atoms with van der Waals surface area (Å²) in [5.41, 5.74) is 0.378. The molecule has 0 aliphatic carbocycles. The van der Waals surface area contributed by atoms with Crippen LogP contribution in [0.15, 0.2) is 24.3 Å². The number of sulfonamides is 1. The summed E-state index contributed by atoms with van der Waals surface area (Å²) >= 11 is 0. The van der Waals surface area contributed by atoms with E-state index >= 15 is 0 Å². The van der Waals surface area contributed by atoms with Crippen molar-refractivity contribution in [3.8, 4) is 0 Å². The molecule has 0 spiro atoms. The molecule has 0 atom stereocenters. The molecule has 0 fully saturated rings. The van der Waals surface area contributed by atoms with Crippen molar-refractivity contribution >= 4 is 10.0 Å². The third-order valence-electron chi connectivity index (χ3n) is 2.44. The molecule has 0 amide bonds. The van der Waals surface area contributed by atoms with Crippen LogP contribution in [0.4, 0.5) is 4.39 Å². The van der Waals surface area contributed by atoms with E-state index in [1.54, 1.807) is 25.2 Å². The molecule has 6 heteroatoms. The number of nitrogens with zero attached hydrogens (tertiary/aromatic N) is 1. The second-order valence-electron chi connectivity index (χ2n) is 3.77. The summed E-state index contributed by atoms with van der Waals surface area (Å²) in [5.74, 6) is -0.378. The maximum atomic E-state index is 13.4. The van der Waals surface area contributed by atoms with Gasteiger partial charge in [-0.2, -0.15) is 0 Å². The summed E-state index contributed by atoms with van der Waals surface area (Å²) < 4.78 is 38.1. The molecule has 96 valence electrons. The molecule has 1 aromatic rings. The van der Waals surface area contributed by atoms with Crippen molar-refractivity contribution in [2.75, 3.05) is 26.4 Å². The Kier molecular flexibility index (Phi) is 5.04. The molecule has 0 aliphatic rings. The van der Waals surface area contributed by atoms with Gasteiger partial charge in [0.05, 0.1) is 5.75 Å². The summed E-state index contributed by atoms with van der Waals surface area (Å²) in [4.78, 5) is 0. The van der Waals surface area contributed by atoms with Crippen LogP contribution in [0.3, 0.4) is 0 Å². The van der Waals surface area contributed by atoms with Crippen LogP contribution in [-0.4, -0.2) is 39.1 Å². The van der Waals surface area contributed by atoms with Gasteiger partial charge in [0.15, 0.2) is 0 Å². The Hall–Kier alpha value is -0.980. The molecule has 0 aliphatic heterocycles. The van der Waals surface area contributed by atoms with Gasteiger partial charge in [-0.25, -0.2) is 17.1 Å². The lowest BCUT2D eigenvalue weighted by Crippen LogP contribution is -2.32. The van der Waals surface area contributed by atoms with Crippen LogP contribution >= 0.6 is 0 Å². The fraction of sp³-hybridized carbons (Fsp3) is 0.455. The number of hydrogen-bond acceptors (Lipinski definition) is 3. The molecule has 0 saturated carbocycles. The van der Waals surface area contributed by atoms with Gasteiger partial charge in [0.1, 0.15) is 5.82 Å². The molecular formula is C11H17FN2O2S. The molecule has 17 heavy (non-hydrogen) atoms. The fourth-order valence-corrected chi connectivity index (χ4v) is 2.46. The third-order valence-corrected chi connectivity index (χ3v) is 4.23. The fourth-order valence-electron chi connectivity index (χ4n) is 1.35. The highest BCUT2D eigenvalue weighted by atomic mass is 32.2. The lowest BCUT2D eigenvalue weighted by atomic mass is 10.2. The highest BCUT2D eigenvalue weighted by molar-refractivity contribution is 7.89. The summed E-state index contributed by atoms with van der Waals surface area (Å²) in [7, 11) is -0.191. The van der Waals surface area contributed by atoms with E-state index in [1.807, 2.05) is 0 Å². The van der Waals surface area contributed by atoms with E-state index in [4.69, 9.17) is 0 Å². The van der Waals surface area contributed by atoms with Gasteiger partial charge in [0.2, 0.25) is 10.0 Å². The van der Waals surface area contributed by atoms with E-state index < -0.39 is 10.0 Å². The minimum absolute atomic E-state index is 0.00839. The number of hydrogen-bond donors (Lipinski definition) is 1. The van der Waals surface area contributed by atoms with Gasteiger partial charge in [-0.1, -0.05) is 18.2 Å². The van der Waals surface area contributed by atoms with Crippen molar-refractivity contribution in [2.45, 2.75) is 6.54 Å². The first kappa shape index (κ1) is 14.1. The smallest absolute Gasteiger partial charge is 0.215 e. The van der Waals surface area contributed by atoms with E-state index in [1.165, 1.54) is 17.4 Å². The van der Waals surface area contributed by atoms with E-state index in [-0.39, 0.29) is 18.1 Å². The van der Waals surface area contributed by atoms with Gasteiger partial charge in [0, 0.05) is 25.7 Å². The first-order valence-electron chi connectivity index (χ1n) is 5.29. The minimum Gasteiger partial charge on any atom is -0.319 e. The van der Waals surface area contributed by atoms with Crippen LogP contribution in [0.2, 0.25) is 0 Å². The molecule has 1 aromatic carbocycles. The molecular weight excluding hydrogens is 243 g/mol. The van der Waals surface area contributed by atoms with Crippen LogP contribution in [0.25, 0.3) is 0 Å². The molecule has 0 heterocycles. The standard InChI is InChI=1S/C11H17FN2O2S/c1-13-7-8-17(15,16)14(2)9-10-5-3-4-6-11(10)12/h3-6,13H,7-9H2,1-2H3. The molecule has 1 rings (SSSR count). The van der Waals surface area contributed by atoms with Gasteiger partial charge in [-0.3, -0.25) is 0 Å². The Bertz CT molecular complexity index is 462. The number of nitrogens with one attached hydrogen (secondary N) is 1. The zero-order valence-corrected chi connectivity index (χ0v) is 10.8. The first-order chi connectivity index (χ1) is 7.97. The molecule has 0 unspecified atom stereocenters. The normalized spacial score (nSPS) is 12.0. The van der Waals surface area contributed by atoms with Crippen LogP contribution in [-0.2, 0) is 16.6 Å². The maximum Gasteiger partial charge on any atom is 0.215 e. The van der Waals surface area contributed by atoms with Gasteiger partial charge in [0.25, 0.3) is 0 Å². The first-order valence-corrected chi connectivity index (χ1v) is 6.90. The van der Waals surface area contributed by atoms with E-state index in [0.29, 0.717) is 12.1 Å². The van der Waals surface area contributed by atoms with Gasteiger partial charge in [-0.15, -0.1) is 0 Å². The second kappa shape index (κ2) is 6.09. The average molecular weight is 260 g/mol. The lowest BCUT2D eigenvalue weighted by molar-refractivity contribution is 0.455. The van der Waals surface area contributed by atoms with Crippen molar-refractivity contribution in [2.24, 2.45) is 0 Å². The summed E-state index contributed by atoms with van der Waals surface area (Å²) in [6, 6.07) is 6.17. The zero-order chi connectivity index (χ0) is 12.9. The number of rotatable bonds is 6. The Morgan fingerprint density at radius 1 is 1.35 bits per heavy atom. The van der Waals surface area contributed by atoms with Crippen LogP contribution < -0.4 is 5.32 Å². The van der Waals surface area contributed by atoms with Gasteiger partial charge >= 0.3 is 0 Å². The average Bonchev–Trinajstić information content (AvgIpc) is 2.29. The molecule has 0 saturated heterocycles. The SMILES string of the molecule is CNCCS(=O)(=O)N(C)Cc1ccccc1F. The monoisotopic (exact) mass is 260 g/mol. The topological polar surface area (TPSA) is 49.4 Å². The van der Waals surface area contributed by atoms with Crippen LogP contribution in [0.5, 0.6) is 0 Å². The Balaban J connectivity index is 2.72.